The summed E-state index contributed by atoms with van der Waals surface area (Å²) in [6.45, 7) is 4.27. The highest BCUT2D eigenvalue weighted by molar-refractivity contribution is 5.58. The van der Waals surface area contributed by atoms with Crippen molar-refractivity contribution < 1.29 is 4.79 Å². The molecule has 0 fully saturated rings. The van der Waals surface area contributed by atoms with Gasteiger partial charge in [-0.15, -0.1) is 0 Å². The van der Waals surface area contributed by atoms with Crippen LogP contribution in [-0.4, -0.2) is 6.29 Å². The Morgan fingerprint density at radius 2 is 2.25 bits per heavy atom. The SMILES string of the molecule is CCCCCCC1CC=C(C(C)C=O)CC1. The molecule has 16 heavy (non-hydrogen) atoms. The van der Waals surface area contributed by atoms with Crippen molar-refractivity contribution in [2.24, 2.45) is 11.8 Å². The number of allylic oxidation sites excluding steroid dienone is 2. The van der Waals surface area contributed by atoms with Crippen molar-refractivity contribution >= 4 is 6.29 Å². The van der Waals surface area contributed by atoms with Crippen LogP contribution >= 0.6 is 0 Å². The molecule has 1 aliphatic rings. The number of carbonyl (C=O) groups excluding carboxylic acids is 1. The molecule has 1 nitrogen and oxygen atoms in total. The maximum absolute atomic E-state index is 10.7. The Kier molecular flexibility index (Phi) is 6.44. The molecule has 0 N–H and O–H groups in total. The van der Waals surface area contributed by atoms with Crippen molar-refractivity contribution in [3.63, 3.8) is 0 Å². The molecule has 1 aliphatic carbocycles. The van der Waals surface area contributed by atoms with E-state index in [0.29, 0.717) is 0 Å². The summed E-state index contributed by atoms with van der Waals surface area (Å²) in [7, 11) is 0. The molecule has 2 unspecified atom stereocenters. The minimum Gasteiger partial charge on any atom is -0.303 e. The van der Waals surface area contributed by atoms with Gasteiger partial charge in [0.15, 0.2) is 0 Å². The Morgan fingerprint density at radius 1 is 1.44 bits per heavy atom. The Labute approximate surface area is 100 Å². The molecule has 0 saturated heterocycles. The number of unbranched alkanes of at least 4 members (excludes halogenated alkanes) is 3. The third kappa shape index (κ3) is 4.51. The number of rotatable bonds is 7. The average Bonchev–Trinajstić information content (AvgIpc) is 2.34. The van der Waals surface area contributed by atoms with Crippen LogP contribution in [0.4, 0.5) is 0 Å². The van der Waals surface area contributed by atoms with Gasteiger partial charge in [0.1, 0.15) is 6.29 Å². The van der Waals surface area contributed by atoms with E-state index in [2.05, 4.69) is 13.0 Å². The smallest absolute Gasteiger partial charge is 0.126 e. The molecule has 0 bridgehead atoms. The van der Waals surface area contributed by atoms with Gasteiger partial charge in [0.25, 0.3) is 0 Å². The second-order valence-electron chi connectivity index (χ2n) is 5.19. The van der Waals surface area contributed by atoms with Crippen LogP contribution in [0, 0.1) is 11.8 Å². The summed E-state index contributed by atoms with van der Waals surface area (Å²) < 4.78 is 0. The van der Waals surface area contributed by atoms with Crippen molar-refractivity contribution in [2.75, 3.05) is 0 Å². The molecule has 0 aromatic carbocycles. The van der Waals surface area contributed by atoms with Gasteiger partial charge >= 0.3 is 0 Å². The second-order valence-corrected chi connectivity index (χ2v) is 5.19. The van der Waals surface area contributed by atoms with Gasteiger partial charge in [0.2, 0.25) is 0 Å². The summed E-state index contributed by atoms with van der Waals surface area (Å²) in [5.74, 6) is 1.04. The zero-order chi connectivity index (χ0) is 11.8. The monoisotopic (exact) mass is 222 g/mol. The van der Waals surface area contributed by atoms with Crippen LogP contribution in [-0.2, 0) is 4.79 Å². The lowest BCUT2D eigenvalue weighted by atomic mass is 9.82. The van der Waals surface area contributed by atoms with Gasteiger partial charge < -0.3 is 4.79 Å². The van der Waals surface area contributed by atoms with Crippen LogP contribution in [0.3, 0.4) is 0 Å². The molecular weight excluding hydrogens is 196 g/mol. The zero-order valence-corrected chi connectivity index (χ0v) is 10.9. The molecule has 0 amide bonds. The van der Waals surface area contributed by atoms with Crippen LogP contribution in [0.2, 0.25) is 0 Å². The van der Waals surface area contributed by atoms with Gasteiger partial charge in [-0.3, -0.25) is 0 Å². The first-order chi connectivity index (χ1) is 7.77. The Morgan fingerprint density at radius 3 is 2.81 bits per heavy atom. The highest BCUT2D eigenvalue weighted by atomic mass is 16.1. The summed E-state index contributed by atoms with van der Waals surface area (Å²) in [5, 5.41) is 0. The Balaban J connectivity index is 2.20. The number of hydrogen-bond acceptors (Lipinski definition) is 1. The highest BCUT2D eigenvalue weighted by Crippen LogP contribution is 2.30. The molecular formula is C15H26O. The molecule has 0 saturated carbocycles. The molecule has 1 rings (SSSR count). The third-order valence-corrected chi connectivity index (χ3v) is 3.81. The predicted molar refractivity (Wildman–Crippen MR) is 69.4 cm³/mol. The minimum atomic E-state index is 0.154. The van der Waals surface area contributed by atoms with E-state index in [1.54, 1.807) is 0 Å². The molecule has 0 aromatic rings. The van der Waals surface area contributed by atoms with E-state index in [0.717, 1.165) is 18.6 Å². The first-order valence-corrected chi connectivity index (χ1v) is 6.92. The standard InChI is InChI=1S/C15H26O/c1-3-4-5-6-7-14-8-10-15(11-9-14)13(2)12-16/h10,12-14H,3-9,11H2,1-2H3. The van der Waals surface area contributed by atoms with Crippen molar-refractivity contribution in [3.05, 3.63) is 11.6 Å². The van der Waals surface area contributed by atoms with Crippen LogP contribution in [0.15, 0.2) is 11.6 Å². The fourth-order valence-electron chi connectivity index (χ4n) is 2.53. The Bertz CT molecular complexity index is 230. The van der Waals surface area contributed by atoms with Gasteiger partial charge in [0.05, 0.1) is 0 Å². The third-order valence-electron chi connectivity index (χ3n) is 3.81. The summed E-state index contributed by atoms with van der Waals surface area (Å²) in [6, 6.07) is 0. The van der Waals surface area contributed by atoms with Gasteiger partial charge in [0, 0.05) is 5.92 Å². The lowest BCUT2D eigenvalue weighted by molar-refractivity contribution is -0.109. The summed E-state index contributed by atoms with van der Waals surface area (Å²) in [4.78, 5) is 10.7. The molecule has 1 heteroatoms. The molecule has 2 atom stereocenters. The first-order valence-electron chi connectivity index (χ1n) is 6.92. The van der Waals surface area contributed by atoms with E-state index in [9.17, 15) is 4.79 Å². The van der Waals surface area contributed by atoms with E-state index >= 15 is 0 Å². The van der Waals surface area contributed by atoms with E-state index in [-0.39, 0.29) is 5.92 Å². The fourth-order valence-corrected chi connectivity index (χ4v) is 2.53. The highest BCUT2D eigenvalue weighted by Gasteiger charge is 2.17. The lowest BCUT2D eigenvalue weighted by Gasteiger charge is -2.23. The topological polar surface area (TPSA) is 17.1 Å². The van der Waals surface area contributed by atoms with E-state index < -0.39 is 0 Å². The molecule has 0 aromatic heterocycles. The average molecular weight is 222 g/mol. The molecule has 92 valence electrons. The van der Waals surface area contributed by atoms with Crippen molar-refractivity contribution in [3.8, 4) is 0 Å². The Hall–Kier alpha value is -0.590. The van der Waals surface area contributed by atoms with E-state index in [1.807, 2.05) is 6.92 Å². The first kappa shape index (κ1) is 13.5. The van der Waals surface area contributed by atoms with Crippen molar-refractivity contribution in [2.45, 2.75) is 65.2 Å². The summed E-state index contributed by atoms with van der Waals surface area (Å²) >= 11 is 0. The lowest BCUT2D eigenvalue weighted by Crippen LogP contribution is -2.10. The largest absolute Gasteiger partial charge is 0.303 e. The molecule has 0 spiro atoms. The number of carbonyl (C=O) groups is 1. The molecule has 0 aliphatic heterocycles. The van der Waals surface area contributed by atoms with Crippen molar-refractivity contribution in [1.82, 2.24) is 0 Å². The van der Waals surface area contributed by atoms with Crippen LogP contribution in [0.1, 0.15) is 65.2 Å². The van der Waals surface area contributed by atoms with Crippen LogP contribution in [0.5, 0.6) is 0 Å². The number of hydrogen-bond donors (Lipinski definition) is 0. The normalized spacial score (nSPS) is 22.6. The minimum absolute atomic E-state index is 0.154. The van der Waals surface area contributed by atoms with Crippen LogP contribution < -0.4 is 0 Å². The predicted octanol–water partition coefficient (Wildman–Crippen LogP) is 4.52. The molecule has 0 radical (unpaired) electrons. The zero-order valence-electron chi connectivity index (χ0n) is 10.9. The van der Waals surface area contributed by atoms with Gasteiger partial charge in [-0.05, 0) is 25.2 Å². The fraction of sp³-hybridized carbons (Fsp3) is 0.800. The van der Waals surface area contributed by atoms with Gasteiger partial charge in [-0.1, -0.05) is 57.6 Å². The van der Waals surface area contributed by atoms with Gasteiger partial charge in [-0.2, -0.15) is 0 Å². The summed E-state index contributed by atoms with van der Waals surface area (Å²) in [5.41, 5.74) is 1.37. The number of aldehydes is 1. The maximum atomic E-state index is 10.7. The van der Waals surface area contributed by atoms with Crippen molar-refractivity contribution in [1.29, 1.82) is 0 Å². The summed E-state index contributed by atoms with van der Waals surface area (Å²) in [6.07, 6.45) is 14.0. The molecule has 0 heterocycles. The quantitative estimate of drug-likeness (QED) is 0.352. The van der Waals surface area contributed by atoms with Gasteiger partial charge in [-0.25, -0.2) is 0 Å². The van der Waals surface area contributed by atoms with E-state index in [4.69, 9.17) is 0 Å². The second kappa shape index (κ2) is 7.65. The van der Waals surface area contributed by atoms with E-state index in [1.165, 1.54) is 50.5 Å². The van der Waals surface area contributed by atoms with Crippen LogP contribution in [0.25, 0.3) is 0 Å². The maximum Gasteiger partial charge on any atom is 0.126 e.